The van der Waals surface area contributed by atoms with Crippen molar-refractivity contribution < 1.29 is 4.74 Å². The first kappa shape index (κ1) is 14.6. The monoisotopic (exact) mass is 336 g/mol. The predicted molar refractivity (Wildman–Crippen MR) is 84.0 cm³/mol. The summed E-state index contributed by atoms with van der Waals surface area (Å²) in [7, 11) is 0. The maximum atomic E-state index is 6.05. The lowest BCUT2D eigenvalue weighted by atomic mass is 10.1. The molecule has 1 aromatic heterocycles. The van der Waals surface area contributed by atoms with E-state index < -0.39 is 0 Å². The van der Waals surface area contributed by atoms with E-state index in [-0.39, 0.29) is 5.54 Å². The minimum Gasteiger partial charge on any atom is -0.437 e. The van der Waals surface area contributed by atoms with E-state index in [0.29, 0.717) is 23.1 Å². The zero-order valence-electron chi connectivity index (χ0n) is 11.6. The molecule has 106 valence electrons. The van der Waals surface area contributed by atoms with Gasteiger partial charge in [0.1, 0.15) is 17.8 Å². The highest BCUT2D eigenvalue weighted by Gasteiger charge is 2.16. The maximum absolute atomic E-state index is 6.05. The third kappa shape index (κ3) is 3.84. The summed E-state index contributed by atoms with van der Waals surface area (Å²) in [6.07, 6.45) is 1.43. The van der Waals surface area contributed by atoms with Crippen molar-refractivity contribution in [3.63, 3.8) is 0 Å². The van der Waals surface area contributed by atoms with Crippen molar-refractivity contribution in [2.45, 2.75) is 26.3 Å². The van der Waals surface area contributed by atoms with E-state index in [1.54, 1.807) is 0 Å². The summed E-state index contributed by atoms with van der Waals surface area (Å²) in [6.45, 7) is 6.09. The van der Waals surface area contributed by atoms with Crippen LogP contribution < -0.4 is 15.8 Å². The Morgan fingerprint density at radius 3 is 2.40 bits per heavy atom. The van der Waals surface area contributed by atoms with Crippen LogP contribution in [0.2, 0.25) is 0 Å². The molecule has 1 aromatic carbocycles. The SMILES string of the molecule is CC(C)(C)Nc1ncnc(Oc2ccc(Br)cc2)c1N. The Bertz CT molecular complexity index is 593. The molecule has 0 unspecified atom stereocenters. The fourth-order valence-electron chi connectivity index (χ4n) is 1.53. The van der Waals surface area contributed by atoms with Gasteiger partial charge in [0.15, 0.2) is 5.82 Å². The van der Waals surface area contributed by atoms with Gasteiger partial charge in [-0.25, -0.2) is 4.98 Å². The standard InChI is InChI=1S/C14H17BrN4O/c1-14(2,3)19-12-11(16)13(18-8-17-12)20-10-6-4-9(15)5-7-10/h4-8H,16H2,1-3H3,(H,17,18,19). The van der Waals surface area contributed by atoms with Crippen molar-refractivity contribution >= 4 is 27.4 Å². The smallest absolute Gasteiger partial charge is 0.248 e. The van der Waals surface area contributed by atoms with Crippen molar-refractivity contribution in [3.8, 4) is 11.6 Å². The Hall–Kier alpha value is -1.82. The second-order valence-corrected chi connectivity index (χ2v) is 6.29. The van der Waals surface area contributed by atoms with Crippen LogP contribution in [0, 0.1) is 0 Å². The zero-order valence-corrected chi connectivity index (χ0v) is 13.2. The summed E-state index contributed by atoms with van der Waals surface area (Å²) in [4.78, 5) is 8.22. The number of hydrogen-bond acceptors (Lipinski definition) is 5. The topological polar surface area (TPSA) is 73.1 Å². The number of anilines is 2. The highest BCUT2D eigenvalue weighted by atomic mass is 79.9. The number of nitrogens with zero attached hydrogens (tertiary/aromatic N) is 2. The highest BCUT2D eigenvalue weighted by molar-refractivity contribution is 9.10. The average Bonchev–Trinajstić information content (AvgIpc) is 2.35. The number of hydrogen-bond donors (Lipinski definition) is 2. The number of benzene rings is 1. The van der Waals surface area contributed by atoms with Gasteiger partial charge in [-0.2, -0.15) is 4.98 Å². The number of rotatable bonds is 3. The fraction of sp³-hybridized carbons (Fsp3) is 0.286. The van der Waals surface area contributed by atoms with Crippen LogP contribution in [-0.2, 0) is 0 Å². The Morgan fingerprint density at radius 1 is 1.15 bits per heavy atom. The first-order chi connectivity index (χ1) is 9.35. The first-order valence-electron chi connectivity index (χ1n) is 6.17. The molecule has 0 radical (unpaired) electrons. The van der Waals surface area contributed by atoms with Gasteiger partial charge in [0.25, 0.3) is 0 Å². The van der Waals surface area contributed by atoms with Crippen LogP contribution in [-0.4, -0.2) is 15.5 Å². The van der Waals surface area contributed by atoms with E-state index in [4.69, 9.17) is 10.5 Å². The maximum Gasteiger partial charge on any atom is 0.248 e. The number of halogens is 1. The molecule has 0 aliphatic heterocycles. The van der Waals surface area contributed by atoms with E-state index in [0.717, 1.165) is 4.47 Å². The first-order valence-corrected chi connectivity index (χ1v) is 6.96. The van der Waals surface area contributed by atoms with Crippen LogP contribution in [0.4, 0.5) is 11.5 Å². The molecule has 0 saturated heterocycles. The predicted octanol–water partition coefficient (Wildman–Crippen LogP) is 3.82. The van der Waals surface area contributed by atoms with Gasteiger partial charge in [-0.15, -0.1) is 0 Å². The van der Waals surface area contributed by atoms with Crippen LogP contribution in [0.3, 0.4) is 0 Å². The molecule has 20 heavy (non-hydrogen) atoms. The van der Waals surface area contributed by atoms with E-state index >= 15 is 0 Å². The second kappa shape index (κ2) is 5.66. The van der Waals surface area contributed by atoms with E-state index in [9.17, 15) is 0 Å². The van der Waals surface area contributed by atoms with Crippen molar-refractivity contribution in [2.24, 2.45) is 0 Å². The third-order valence-corrected chi connectivity index (χ3v) is 2.90. The molecule has 0 aliphatic rings. The molecule has 2 aromatic rings. The summed E-state index contributed by atoms with van der Waals surface area (Å²) in [5.74, 6) is 1.58. The number of nitrogen functional groups attached to an aromatic ring is 1. The summed E-state index contributed by atoms with van der Waals surface area (Å²) in [5, 5.41) is 3.22. The van der Waals surface area contributed by atoms with Gasteiger partial charge in [-0.1, -0.05) is 15.9 Å². The minimum absolute atomic E-state index is 0.142. The fourth-order valence-corrected chi connectivity index (χ4v) is 1.79. The molecular weight excluding hydrogens is 320 g/mol. The van der Waals surface area contributed by atoms with Gasteiger partial charge < -0.3 is 15.8 Å². The van der Waals surface area contributed by atoms with Crippen molar-refractivity contribution in [2.75, 3.05) is 11.1 Å². The van der Waals surface area contributed by atoms with Gasteiger partial charge in [0.05, 0.1) is 0 Å². The molecule has 6 heteroatoms. The largest absolute Gasteiger partial charge is 0.437 e. The summed E-state index contributed by atoms with van der Waals surface area (Å²) in [5.41, 5.74) is 6.30. The van der Waals surface area contributed by atoms with Crippen LogP contribution in [0.5, 0.6) is 11.6 Å². The number of aromatic nitrogens is 2. The van der Waals surface area contributed by atoms with Gasteiger partial charge in [-0.05, 0) is 45.0 Å². The Morgan fingerprint density at radius 2 is 1.80 bits per heavy atom. The van der Waals surface area contributed by atoms with Crippen molar-refractivity contribution in [1.82, 2.24) is 9.97 Å². The van der Waals surface area contributed by atoms with Crippen LogP contribution in [0.1, 0.15) is 20.8 Å². The molecule has 0 amide bonds. The van der Waals surface area contributed by atoms with E-state index in [1.807, 2.05) is 45.0 Å². The summed E-state index contributed by atoms with van der Waals surface area (Å²) in [6, 6.07) is 7.45. The van der Waals surface area contributed by atoms with Gasteiger partial charge >= 0.3 is 0 Å². The normalized spacial score (nSPS) is 11.2. The molecule has 0 fully saturated rings. The van der Waals surface area contributed by atoms with Crippen molar-refractivity contribution in [1.29, 1.82) is 0 Å². The molecule has 1 heterocycles. The average molecular weight is 337 g/mol. The third-order valence-electron chi connectivity index (χ3n) is 2.37. The number of nitrogens with one attached hydrogen (secondary N) is 1. The Balaban J connectivity index is 2.24. The molecule has 0 spiro atoms. The van der Waals surface area contributed by atoms with E-state index in [1.165, 1.54) is 6.33 Å². The quantitative estimate of drug-likeness (QED) is 0.891. The lowest BCUT2D eigenvalue weighted by Gasteiger charge is -2.22. The Labute approximate surface area is 126 Å². The molecule has 3 N–H and O–H groups in total. The van der Waals surface area contributed by atoms with Gasteiger partial charge in [-0.3, -0.25) is 0 Å². The van der Waals surface area contributed by atoms with Crippen LogP contribution in [0.25, 0.3) is 0 Å². The Kier molecular flexibility index (Phi) is 4.13. The van der Waals surface area contributed by atoms with Crippen molar-refractivity contribution in [3.05, 3.63) is 35.1 Å². The number of ether oxygens (including phenoxy) is 1. The summed E-state index contributed by atoms with van der Waals surface area (Å²) >= 11 is 3.37. The molecule has 5 nitrogen and oxygen atoms in total. The van der Waals surface area contributed by atoms with Gasteiger partial charge in [0.2, 0.25) is 5.88 Å². The minimum atomic E-state index is -0.142. The molecule has 2 rings (SSSR count). The lowest BCUT2D eigenvalue weighted by Crippen LogP contribution is -2.27. The molecule has 0 bridgehead atoms. The van der Waals surface area contributed by atoms with E-state index in [2.05, 4.69) is 31.2 Å². The summed E-state index contributed by atoms with van der Waals surface area (Å²) < 4.78 is 6.66. The zero-order chi connectivity index (χ0) is 14.8. The molecule has 0 atom stereocenters. The van der Waals surface area contributed by atoms with Gasteiger partial charge in [0, 0.05) is 10.0 Å². The van der Waals surface area contributed by atoms with Crippen LogP contribution >= 0.6 is 15.9 Å². The molecule has 0 saturated carbocycles. The highest BCUT2D eigenvalue weighted by Crippen LogP contribution is 2.30. The van der Waals surface area contributed by atoms with Crippen LogP contribution in [0.15, 0.2) is 35.1 Å². The second-order valence-electron chi connectivity index (χ2n) is 5.37. The molecule has 0 aliphatic carbocycles. The molecular formula is C14H17BrN4O. The lowest BCUT2D eigenvalue weighted by molar-refractivity contribution is 0.464. The number of nitrogens with two attached hydrogens (primary N) is 1.